The van der Waals surface area contributed by atoms with E-state index in [4.69, 9.17) is 0 Å². The van der Waals surface area contributed by atoms with Gasteiger partial charge in [-0.2, -0.15) is 0 Å². The lowest BCUT2D eigenvalue weighted by molar-refractivity contribution is 0.0968. The Balaban J connectivity index is 1.74. The fourth-order valence-corrected chi connectivity index (χ4v) is 1.89. The van der Waals surface area contributed by atoms with Gasteiger partial charge in [0.25, 0.3) is 0 Å². The highest BCUT2D eigenvalue weighted by molar-refractivity contribution is 5.96. The van der Waals surface area contributed by atoms with Gasteiger partial charge >= 0.3 is 0 Å². The molecule has 0 spiro atoms. The van der Waals surface area contributed by atoms with Gasteiger partial charge in [-0.3, -0.25) is 4.79 Å². The molecule has 0 aromatic heterocycles. The molecule has 16 heavy (non-hydrogen) atoms. The quantitative estimate of drug-likeness (QED) is 0.683. The smallest absolute Gasteiger partial charge is 0.164 e. The first-order valence-corrected chi connectivity index (χ1v) is 6.02. The summed E-state index contributed by atoms with van der Waals surface area (Å²) in [5.41, 5.74) is 0.835. The van der Waals surface area contributed by atoms with Crippen molar-refractivity contribution in [3.8, 4) is 0 Å². The lowest BCUT2D eigenvalue weighted by Gasteiger charge is -2.15. The zero-order valence-electron chi connectivity index (χ0n) is 9.86. The minimum Gasteiger partial charge on any atom is -0.306 e. The molecule has 1 fully saturated rings. The highest BCUT2D eigenvalue weighted by Crippen LogP contribution is 2.29. The molecular formula is C14H19NO. The van der Waals surface area contributed by atoms with Crippen molar-refractivity contribution in [2.24, 2.45) is 5.92 Å². The second-order valence-electron chi connectivity index (χ2n) is 4.74. The summed E-state index contributed by atoms with van der Waals surface area (Å²) in [7, 11) is 2.11. The first-order chi connectivity index (χ1) is 7.75. The van der Waals surface area contributed by atoms with Crippen molar-refractivity contribution in [2.45, 2.75) is 19.3 Å². The molecule has 1 aromatic rings. The van der Waals surface area contributed by atoms with E-state index in [0.717, 1.165) is 24.6 Å². The van der Waals surface area contributed by atoms with Crippen molar-refractivity contribution < 1.29 is 4.79 Å². The average Bonchev–Trinajstić information content (AvgIpc) is 3.11. The maximum Gasteiger partial charge on any atom is 0.164 e. The van der Waals surface area contributed by atoms with Crippen molar-refractivity contribution in [3.63, 3.8) is 0 Å². The van der Waals surface area contributed by atoms with E-state index in [-0.39, 0.29) is 5.78 Å². The van der Waals surface area contributed by atoms with Crippen LogP contribution in [0.3, 0.4) is 0 Å². The molecule has 1 aliphatic rings. The van der Waals surface area contributed by atoms with Crippen LogP contribution in [0.1, 0.15) is 29.6 Å². The van der Waals surface area contributed by atoms with Crippen LogP contribution in [-0.2, 0) is 0 Å². The molecule has 2 heteroatoms. The highest BCUT2D eigenvalue weighted by atomic mass is 16.1. The zero-order chi connectivity index (χ0) is 11.4. The van der Waals surface area contributed by atoms with Gasteiger partial charge in [-0.1, -0.05) is 30.3 Å². The Labute approximate surface area is 97.3 Å². The average molecular weight is 217 g/mol. The second-order valence-corrected chi connectivity index (χ2v) is 4.74. The Morgan fingerprint density at radius 3 is 2.62 bits per heavy atom. The molecule has 0 bridgehead atoms. The lowest BCUT2D eigenvalue weighted by atomic mass is 10.1. The maximum atomic E-state index is 11.8. The number of nitrogens with zero attached hydrogens (tertiary/aromatic N) is 1. The Hall–Kier alpha value is -1.15. The summed E-state index contributed by atoms with van der Waals surface area (Å²) in [6, 6.07) is 9.56. The Kier molecular flexibility index (Phi) is 3.73. The molecule has 0 aliphatic heterocycles. The topological polar surface area (TPSA) is 20.3 Å². The minimum atomic E-state index is 0.253. The number of rotatable bonds is 6. The van der Waals surface area contributed by atoms with Crippen molar-refractivity contribution >= 4 is 5.78 Å². The second kappa shape index (κ2) is 5.26. The van der Waals surface area contributed by atoms with Crippen LogP contribution in [0.15, 0.2) is 30.3 Å². The summed E-state index contributed by atoms with van der Waals surface area (Å²) in [6.45, 7) is 2.03. The number of Topliss-reactive ketones (excluding diaryl/α,β-unsaturated/α-hetero) is 1. The minimum absolute atomic E-state index is 0.253. The predicted octanol–water partition coefficient (Wildman–Crippen LogP) is 2.60. The third-order valence-corrected chi connectivity index (χ3v) is 3.08. The van der Waals surface area contributed by atoms with Crippen LogP contribution in [-0.4, -0.2) is 30.8 Å². The largest absolute Gasteiger partial charge is 0.306 e. The molecule has 0 atom stereocenters. The monoisotopic (exact) mass is 217 g/mol. The Morgan fingerprint density at radius 2 is 2.00 bits per heavy atom. The fraction of sp³-hybridized carbons (Fsp3) is 0.500. The summed E-state index contributed by atoms with van der Waals surface area (Å²) >= 11 is 0. The number of ketones is 1. The van der Waals surface area contributed by atoms with Crippen LogP contribution >= 0.6 is 0 Å². The molecule has 0 heterocycles. The first kappa shape index (κ1) is 11.3. The number of benzene rings is 1. The van der Waals surface area contributed by atoms with Gasteiger partial charge in [0.05, 0.1) is 0 Å². The first-order valence-electron chi connectivity index (χ1n) is 6.02. The zero-order valence-corrected chi connectivity index (χ0v) is 9.86. The molecule has 0 radical (unpaired) electrons. The molecule has 0 saturated heterocycles. The molecule has 1 aliphatic carbocycles. The number of hydrogen-bond acceptors (Lipinski definition) is 2. The van der Waals surface area contributed by atoms with Gasteiger partial charge in [-0.25, -0.2) is 0 Å². The van der Waals surface area contributed by atoms with Crippen LogP contribution in [0.5, 0.6) is 0 Å². The third kappa shape index (κ3) is 3.46. The summed E-state index contributed by atoms with van der Waals surface area (Å²) < 4.78 is 0. The molecule has 86 valence electrons. The van der Waals surface area contributed by atoms with Crippen LogP contribution in [0.4, 0.5) is 0 Å². The van der Waals surface area contributed by atoms with E-state index in [2.05, 4.69) is 11.9 Å². The molecule has 0 unspecified atom stereocenters. The molecule has 1 saturated carbocycles. The van der Waals surface area contributed by atoms with Crippen molar-refractivity contribution in [2.75, 3.05) is 20.1 Å². The number of carbonyl (C=O) groups is 1. The molecule has 2 nitrogen and oxygen atoms in total. The predicted molar refractivity (Wildman–Crippen MR) is 65.6 cm³/mol. The standard InChI is InChI=1S/C14H19NO/c1-15(11-12-7-8-12)10-9-14(16)13-5-3-2-4-6-13/h2-6,12H,7-11H2,1H3. The molecular weight excluding hydrogens is 198 g/mol. The fourth-order valence-electron chi connectivity index (χ4n) is 1.89. The van der Waals surface area contributed by atoms with Gasteiger partial charge in [0.2, 0.25) is 0 Å². The Morgan fingerprint density at radius 1 is 1.31 bits per heavy atom. The van der Waals surface area contributed by atoms with Gasteiger partial charge in [0, 0.05) is 25.1 Å². The number of carbonyl (C=O) groups excluding carboxylic acids is 1. The molecule has 1 aromatic carbocycles. The summed E-state index contributed by atoms with van der Waals surface area (Å²) in [6.07, 6.45) is 3.38. The van der Waals surface area contributed by atoms with Crippen molar-refractivity contribution in [1.29, 1.82) is 0 Å². The number of hydrogen-bond donors (Lipinski definition) is 0. The SMILES string of the molecule is CN(CCC(=O)c1ccccc1)CC1CC1. The Bertz CT molecular complexity index is 343. The van der Waals surface area contributed by atoms with E-state index < -0.39 is 0 Å². The van der Waals surface area contributed by atoms with Crippen molar-refractivity contribution in [3.05, 3.63) is 35.9 Å². The van der Waals surface area contributed by atoms with Gasteiger partial charge in [0.15, 0.2) is 5.78 Å². The van der Waals surface area contributed by atoms with Crippen LogP contribution in [0.2, 0.25) is 0 Å². The molecule has 2 rings (SSSR count). The van der Waals surface area contributed by atoms with Gasteiger partial charge in [0.1, 0.15) is 0 Å². The van der Waals surface area contributed by atoms with E-state index in [0.29, 0.717) is 6.42 Å². The van der Waals surface area contributed by atoms with E-state index in [1.54, 1.807) is 0 Å². The third-order valence-electron chi connectivity index (χ3n) is 3.08. The van der Waals surface area contributed by atoms with Gasteiger partial charge in [-0.15, -0.1) is 0 Å². The normalized spacial score (nSPS) is 15.4. The lowest BCUT2D eigenvalue weighted by Crippen LogP contribution is -2.24. The van der Waals surface area contributed by atoms with Gasteiger partial charge < -0.3 is 4.90 Å². The molecule has 0 N–H and O–H groups in total. The van der Waals surface area contributed by atoms with Crippen LogP contribution < -0.4 is 0 Å². The maximum absolute atomic E-state index is 11.8. The van der Waals surface area contributed by atoms with Crippen LogP contribution in [0.25, 0.3) is 0 Å². The molecule has 0 amide bonds. The highest BCUT2D eigenvalue weighted by Gasteiger charge is 2.22. The van der Waals surface area contributed by atoms with E-state index >= 15 is 0 Å². The van der Waals surface area contributed by atoms with E-state index in [9.17, 15) is 4.79 Å². The summed E-state index contributed by atoms with van der Waals surface area (Å²) in [5, 5.41) is 0. The van der Waals surface area contributed by atoms with E-state index in [1.165, 1.54) is 12.8 Å². The summed E-state index contributed by atoms with van der Waals surface area (Å²) in [4.78, 5) is 14.1. The van der Waals surface area contributed by atoms with Crippen LogP contribution in [0, 0.1) is 5.92 Å². The summed E-state index contributed by atoms with van der Waals surface area (Å²) in [5.74, 6) is 1.15. The van der Waals surface area contributed by atoms with E-state index in [1.807, 2.05) is 30.3 Å². The van der Waals surface area contributed by atoms with Crippen molar-refractivity contribution in [1.82, 2.24) is 4.90 Å². The van der Waals surface area contributed by atoms with Gasteiger partial charge in [-0.05, 0) is 25.8 Å².